The summed E-state index contributed by atoms with van der Waals surface area (Å²) in [7, 11) is 0. The molecule has 0 saturated carbocycles. The zero-order chi connectivity index (χ0) is 19.1. The molecule has 0 saturated heterocycles. The van der Waals surface area contributed by atoms with Crippen molar-refractivity contribution in [2.24, 2.45) is 0 Å². The fourth-order valence-electron chi connectivity index (χ4n) is 2.98. The van der Waals surface area contributed by atoms with Crippen LogP contribution in [0.1, 0.15) is 0 Å². The number of alkyl halides is 3. The zero-order valence-electron chi connectivity index (χ0n) is 14.9. The summed E-state index contributed by atoms with van der Waals surface area (Å²) in [5.74, 6) is 0. The number of hydrogen-bond acceptors (Lipinski definition) is 1. The van der Waals surface area contributed by atoms with Gasteiger partial charge < -0.3 is 0 Å². The van der Waals surface area contributed by atoms with Crippen molar-refractivity contribution in [1.82, 2.24) is 0 Å². The van der Waals surface area contributed by atoms with Gasteiger partial charge in [0, 0.05) is 0 Å². The number of hydrogen-bond donors (Lipinski definition) is 0. The summed E-state index contributed by atoms with van der Waals surface area (Å²) in [6.45, 7) is -3.67. The van der Waals surface area contributed by atoms with Gasteiger partial charge in [-0.1, -0.05) is 78.9 Å². The van der Waals surface area contributed by atoms with Gasteiger partial charge in [0.1, 0.15) is 0 Å². The molecular weight excluding hydrogens is 397 g/mol. The zero-order valence-corrected chi connectivity index (χ0v) is 16.7. The second-order valence-corrected chi connectivity index (χ2v) is 6.50. The van der Waals surface area contributed by atoms with Gasteiger partial charge in [0.25, 0.3) is 0 Å². The summed E-state index contributed by atoms with van der Waals surface area (Å²) in [5.41, 5.74) is 7.67. The first kappa shape index (κ1) is 21.8. The molecule has 5 heteroatoms. The molecule has 0 bridgehead atoms. The molecule has 0 aliphatic carbocycles. The van der Waals surface area contributed by atoms with E-state index in [2.05, 4.69) is 95.7 Å². The van der Waals surface area contributed by atoms with Gasteiger partial charge in [-0.2, -0.15) is 38.0 Å². The fraction of sp³-hybridized carbons (Fsp3) is 0.0435. The monoisotopic (exact) mass is 416 g/mol. The van der Waals surface area contributed by atoms with Gasteiger partial charge in [-0.15, -0.1) is 0 Å². The van der Waals surface area contributed by atoms with Crippen LogP contribution in [0.2, 0.25) is 0 Å². The Balaban J connectivity index is 0.000000515. The molecular formula is C23H19F3S2. The van der Waals surface area contributed by atoms with E-state index in [9.17, 15) is 13.2 Å². The third-order valence-corrected chi connectivity index (χ3v) is 4.73. The van der Waals surface area contributed by atoms with Crippen molar-refractivity contribution >= 4 is 24.8 Å². The van der Waals surface area contributed by atoms with Gasteiger partial charge in [0.15, 0.2) is 0 Å². The molecule has 1 aromatic heterocycles. The van der Waals surface area contributed by atoms with Gasteiger partial charge in [-0.05, 0) is 50.2 Å². The Hall–Kier alpha value is -2.50. The summed E-state index contributed by atoms with van der Waals surface area (Å²) in [6, 6.07) is 30.1. The van der Waals surface area contributed by atoms with Crippen LogP contribution in [0.4, 0.5) is 13.2 Å². The SMILES string of the molecule is FC(F)F.S.c1ccc(-c2cccc(-c3ccsc3)c2-c2ccccc2)cc1. The van der Waals surface area contributed by atoms with Crippen LogP contribution in [0.3, 0.4) is 0 Å². The summed E-state index contributed by atoms with van der Waals surface area (Å²) >= 11 is 1.74. The van der Waals surface area contributed by atoms with Crippen LogP contribution >= 0.6 is 24.8 Å². The Labute approximate surface area is 173 Å². The average molecular weight is 417 g/mol. The lowest BCUT2D eigenvalue weighted by molar-refractivity contribution is 0.00819. The van der Waals surface area contributed by atoms with E-state index in [0.717, 1.165) is 0 Å². The molecule has 4 aromatic rings. The van der Waals surface area contributed by atoms with Crippen LogP contribution in [0.25, 0.3) is 33.4 Å². The topological polar surface area (TPSA) is 0 Å². The first-order chi connectivity index (χ1) is 13.2. The van der Waals surface area contributed by atoms with Gasteiger partial charge in [-0.3, -0.25) is 0 Å². The van der Waals surface area contributed by atoms with Crippen molar-refractivity contribution in [3.63, 3.8) is 0 Å². The quantitative estimate of drug-likeness (QED) is 0.317. The first-order valence-corrected chi connectivity index (χ1v) is 9.29. The predicted octanol–water partition coefficient (Wildman–Crippen LogP) is 8.04. The molecule has 0 radical (unpaired) electrons. The minimum absolute atomic E-state index is 0. The van der Waals surface area contributed by atoms with Gasteiger partial charge >= 0.3 is 6.68 Å². The van der Waals surface area contributed by atoms with E-state index in [1.165, 1.54) is 33.4 Å². The maximum atomic E-state index is 9.67. The molecule has 0 aliphatic rings. The molecule has 0 atom stereocenters. The lowest BCUT2D eigenvalue weighted by Gasteiger charge is -2.15. The van der Waals surface area contributed by atoms with E-state index >= 15 is 0 Å². The molecule has 0 spiro atoms. The maximum absolute atomic E-state index is 9.67. The minimum atomic E-state index is -3.67. The van der Waals surface area contributed by atoms with Crippen LogP contribution in [0.5, 0.6) is 0 Å². The average Bonchev–Trinajstić information content (AvgIpc) is 3.23. The summed E-state index contributed by atoms with van der Waals surface area (Å²) in [5, 5.41) is 4.36. The van der Waals surface area contributed by atoms with E-state index < -0.39 is 6.68 Å². The molecule has 28 heavy (non-hydrogen) atoms. The van der Waals surface area contributed by atoms with E-state index in [1.807, 2.05) is 0 Å². The smallest absolute Gasteiger partial charge is 0.197 e. The van der Waals surface area contributed by atoms with Crippen molar-refractivity contribution in [2.45, 2.75) is 6.68 Å². The van der Waals surface area contributed by atoms with Crippen molar-refractivity contribution in [2.75, 3.05) is 0 Å². The number of benzene rings is 3. The highest BCUT2D eigenvalue weighted by molar-refractivity contribution is 7.59. The normalized spacial score (nSPS) is 10.0. The van der Waals surface area contributed by atoms with Crippen molar-refractivity contribution in [3.05, 3.63) is 95.7 Å². The second kappa shape index (κ2) is 10.7. The summed E-state index contributed by atoms with van der Waals surface area (Å²) in [4.78, 5) is 0. The largest absolute Gasteiger partial charge is 0.379 e. The standard InChI is InChI=1S/C22H16S.CHF3.H2S/c1-3-8-17(9-4-1)20-12-7-13-21(19-14-15-23-16-19)22(20)18-10-5-2-6-11-18;2-1(3)4;/h1-16H;1H;1H2. The van der Waals surface area contributed by atoms with Crippen LogP contribution < -0.4 is 0 Å². The molecule has 144 valence electrons. The highest BCUT2D eigenvalue weighted by Crippen LogP contribution is 2.40. The van der Waals surface area contributed by atoms with E-state index in [1.54, 1.807) is 11.3 Å². The Morgan fingerprint density at radius 2 is 1.07 bits per heavy atom. The van der Waals surface area contributed by atoms with Crippen molar-refractivity contribution in [3.8, 4) is 33.4 Å². The number of rotatable bonds is 3. The van der Waals surface area contributed by atoms with E-state index in [0.29, 0.717) is 0 Å². The molecule has 0 nitrogen and oxygen atoms in total. The third kappa shape index (κ3) is 5.50. The Kier molecular flexibility index (Phi) is 8.36. The van der Waals surface area contributed by atoms with Crippen LogP contribution in [0.15, 0.2) is 95.7 Å². The first-order valence-electron chi connectivity index (χ1n) is 8.35. The van der Waals surface area contributed by atoms with Gasteiger partial charge in [0.05, 0.1) is 0 Å². The molecule has 0 aliphatic heterocycles. The third-order valence-electron chi connectivity index (χ3n) is 4.04. The summed E-state index contributed by atoms with van der Waals surface area (Å²) < 4.78 is 29.0. The lowest BCUT2D eigenvalue weighted by Crippen LogP contribution is -1.89. The van der Waals surface area contributed by atoms with E-state index in [-0.39, 0.29) is 13.5 Å². The van der Waals surface area contributed by atoms with Crippen LogP contribution in [0, 0.1) is 0 Å². The van der Waals surface area contributed by atoms with Crippen LogP contribution in [-0.2, 0) is 0 Å². The van der Waals surface area contributed by atoms with Gasteiger partial charge in [-0.25, -0.2) is 0 Å². The number of halogens is 3. The highest BCUT2D eigenvalue weighted by Gasteiger charge is 2.13. The second-order valence-electron chi connectivity index (χ2n) is 5.72. The lowest BCUT2D eigenvalue weighted by atomic mass is 9.88. The molecule has 0 amide bonds. The molecule has 0 N–H and O–H groups in total. The summed E-state index contributed by atoms with van der Waals surface area (Å²) in [6.07, 6.45) is 0. The molecule has 1 heterocycles. The minimum Gasteiger partial charge on any atom is -0.197 e. The molecule has 0 fully saturated rings. The molecule has 3 aromatic carbocycles. The van der Waals surface area contributed by atoms with Crippen molar-refractivity contribution < 1.29 is 13.2 Å². The Morgan fingerprint density at radius 3 is 1.57 bits per heavy atom. The fourth-order valence-corrected chi connectivity index (χ4v) is 3.64. The Bertz CT molecular complexity index is 951. The maximum Gasteiger partial charge on any atom is 0.379 e. The number of thiophene rings is 1. The predicted molar refractivity (Wildman–Crippen MR) is 118 cm³/mol. The molecule has 0 unspecified atom stereocenters. The Morgan fingerprint density at radius 1 is 0.571 bits per heavy atom. The van der Waals surface area contributed by atoms with Crippen LogP contribution in [-0.4, -0.2) is 6.68 Å². The molecule has 4 rings (SSSR count). The highest BCUT2D eigenvalue weighted by atomic mass is 32.1. The van der Waals surface area contributed by atoms with E-state index in [4.69, 9.17) is 0 Å². The van der Waals surface area contributed by atoms with Gasteiger partial charge in [0.2, 0.25) is 0 Å². The van der Waals surface area contributed by atoms with Crippen molar-refractivity contribution in [1.29, 1.82) is 0 Å².